The molecular weight excluding hydrogens is 357 g/mol. The fourth-order valence-corrected chi connectivity index (χ4v) is 3.83. The van der Waals surface area contributed by atoms with Crippen molar-refractivity contribution < 1.29 is 4.79 Å². The van der Waals surface area contributed by atoms with E-state index in [1.165, 1.54) is 0 Å². The van der Waals surface area contributed by atoms with E-state index in [0.717, 1.165) is 49.9 Å². The van der Waals surface area contributed by atoms with Gasteiger partial charge in [0.1, 0.15) is 0 Å². The maximum atomic E-state index is 12.4. The second kappa shape index (κ2) is 9.61. The van der Waals surface area contributed by atoms with E-state index in [9.17, 15) is 4.79 Å². The molecule has 1 aromatic heterocycles. The zero-order valence-electron chi connectivity index (χ0n) is 13.3. The molecule has 2 saturated heterocycles. The van der Waals surface area contributed by atoms with Crippen molar-refractivity contribution in [3.05, 3.63) is 12.4 Å². The van der Waals surface area contributed by atoms with Crippen LogP contribution in [0.15, 0.2) is 12.4 Å². The van der Waals surface area contributed by atoms with E-state index in [-0.39, 0.29) is 24.8 Å². The van der Waals surface area contributed by atoms with Gasteiger partial charge >= 0.3 is 0 Å². The molecule has 6 nitrogen and oxygen atoms in total. The first kappa shape index (κ1) is 20.4. The first-order valence-electron chi connectivity index (χ1n) is 7.55. The highest BCUT2D eigenvalue weighted by atomic mass is 35.5. The highest BCUT2D eigenvalue weighted by Gasteiger charge is 2.24. The summed E-state index contributed by atoms with van der Waals surface area (Å²) in [7, 11) is 1.93. The largest absolute Gasteiger partial charge is 0.365 e. The van der Waals surface area contributed by atoms with Gasteiger partial charge in [0.05, 0.1) is 11.9 Å². The van der Waals surface area contributed by atoms with Crippen molar-refractivity contribution in [2.24, 2.45) is 7.05 Å². The summed E-state index contributed by atoms with van der Waals surface area (Å²) in [6, 6.07) is 0.354. The van der Waals surface area contributed by atoms with Crippen LogP contribution in [0.4, 0.5) is 5.69 Å². The lowest BCUT2D eigenvalue weighted by Gasteiger charge is -2.36. The predicted molar refractivity (Wildman–Crippen MR) is 100 cm³/mol. The predicted octanol–water partition coefficient (Wildman–Crippen LogP) is 1.01. The molecule has 1 atom stereocenters. The number of nitrogens with one attached hydrogen (secondary N) is 1. The summed E-state index contributed by atoms with van der Waals surface area (Å²) >= 11 is 1.94. The molecule has 0 bridgehead atoms. The van der Waals surface area contributed by atoms with Crippen LogP contribution in [-0.4, -0.2) is 70.9 Å². The normalized spacial score (nSPS) is 21.3. The number of piperazine rings is 1. The Hall–Kier alpha value is -0.630. The summed E-state index contributed by atoms with van der Waals surface area (Å²) in [5, 5.41) is 7.64. The number of amides is 1. The summed E-state index contributed by atoms with van der Waals surface area (Å²) in [6.07, 6.45) is 4.56. The van der Waals surface area contributed by atoms with Crippen molar-refractivity contribution in [3.8, 4) is 0 Å². The molecule has 0 saturated carbocycles. The van der Waals surface area contributed by atoms with Crippen LogP contribution >= 0.6 is 36.6 Å². The summed E-state index contributed by atoms with van der Waals surface area (Å²) in [5.41, 5.74) is 1.15. The summed E-state index contributed by atoms with van der Waals surface area (Å²) in [4.78, 5) is 16.7. The van der Waals surface area contributed by atoms with E-state index >= 15 is 0 Å². The number of halogens is 2. The number of rotatable bonds is 3. The average Bonchev–Trinajstić information content (AvgIpc) is 2.95. The molecule has 2 aliphatic heterocycles. The number of carbonyl (C=O) groups is 1. The van der Waals surface area contributed by atoms with Gasteiger partial charge in [-0.05, 0) is 0 Å². The maximum absolute atomic E-state index is 12.4. The number of aromatic nitrogens is 2. The van der Waals surface area contributed by atoms with Crippen molar-refractivity contribution in [3.63, 3.8) is 0 Å². The molecule has 0 aromatic carbocycles. The minimum absolute atomic E-state index is 0. The van der Waals surface area contributed by atoms with Crippen molar-refractivity contribution in [1.29, 1.82) is 0 Å². The number of anilines is 1. The van der Waals surface area contributed by atoms with Gasteiger partial charge in [-0.2, -0.15) is 16.9 Å². The minimum atomic E-state index is 0. The Morgan fingerprint density at radius 2 is 2.09 bits per heavy atom. The van der Waals surface area contributed by atoms with Crippen LogP contribution in [0, 0.1) is 0 Å². The Labute approximate surface area is 154 Å². The Morgan fingerprint density at radius 3 is 2.65 bits per heavy atom. The van der Waals surface area contributed by atoms with E-state index in [4.69, 9.17) is 0 Å². The first-order valence-corrected chi connectivity index (χ1v) is 8.70. The Balaban J connectivity index is 0.00000132. The third-order valence-corrected chi connectivity index (χ3v) is 5.24. The molecule has 1 N–H and O–H groups in total. The van der Waals surface area contributed by atoms with Crippen LogP contribution in [0.3, 0.4) is 0 Å². The molecule has 1 aromatic rings. The smallest absolute Gasteiger partial charge is 0.224 e. The van der Waals surface area contributed by atoms with E-state index in [0.29, 0.717) is 18.4 Å². The van der Waals surface area contributed by atoms with Gasteiger partial charge in [-0.15, -0.1) is 24.8 Å². The van der Waals surface area contributed by atoms with Crippen molar-refractivity contribution in [2.75, 3.05) is 49.1 Å². The fraction of sp³-hybridized carbons (Fsp3) is 0.714. The number of hydrogen-bond acceptors (Lipinski definition) is 5. The molecule has 3 rings (SSSR count). The molecule has 1 amide bonds. The van der Waals surface area contributed by atoms with Crippen molar-refractivity contribution >= 4 is 48.2 Å². The van der Waals surface area contributed by atoms with Gasteiger partial charge in [0.25, 0.3) is 0 Å². The van der Waals surface area contributed by atoms with Gasteiger partial charge in [0.15, 0.2) is 0 Å². The van der Waals surface area contributed by atoms with E-state index in [2.05, 4.69) is 15.3 Å². The minimum Gasteiger partial charge on any atom is -0.365 e. The van der Waals surface area contributed by atoms with Gasteiger partial charge in [0.2, 0.25) is 5.91 Å². The number of hydrogen-bond donors (Lipinski definition) is 1. The lowest BCUT2D eigenvalue weighted by Crippen LogP contribution is -2.50. The first-order chi connectivity index (χ1) is 10.2. The molecule has 1 unspecified atom stereocenters. The summed E-state index contributed by atoms with van der Waals surface area (Å²) in [5.74, 6) is 2.51. The topological polar surface area (TPSA) is 53.4 Å². The molecule has 132 valence electrons. The molecular formula is C14H25Cl2N5OS. The number of carbonyl (C=O) groups excluding carboxylic acids is 1. The van der Waals surface area contributed by atoms with Gasteiger partial charge < -0.3 is 15.1 Å². The quantitative estimate of drug-likeness (QED) is 0.846. The van der Waals surface area contributed by atoms with E-state index in [1.54, 1.807) is 0 Å². The molecule has 0 radical (unpaired) electrons. The van der Waals surface area contributed by atoms with Crippen LogP contribution in [0.1, 0.15) is 6.42 Å². The zero-order valence-corrected chi connectivity index (χ0v) is 15.8. The van der Waals surface area contributed by atoms with Crippen molar-refractivity contribution in [2.45, 2.75) is 12.5 Å². The second-order valence-corrected chi connectivity index (χ2v) is 6.82. The standard InChI is InChI=1S/C14H23N5OS.2ClH/c1-17-10-13(9-16-17)18-3-5-19(6-4-18)14(20)8-12-11-21-7-2-15-12;;/h9-10,12,15H,2-8,11H2,1H3;2*1H. The summed E-state index contributed by atoms with van der Waals surface area (Å²) in [6.45, 7) is 4.44. The third kappa shape index (κ3) is 5.45. The van der Waals surface area contributed by atoms with Gasteiger partial charge in [-0.3, -0.25) is 9.48 Å². The highest BCUT2D eigenvalue weighted by Crippen LogP contribution is 2.16. The Morgan fingerprint density at radius 1 is 1.35 bits per heavy atom. The maximum Gasteiger partial charge on any atom is 0.224 e. The number of nitrogens with zero attached hydrogens (tertiary/aromatic N) is 4. The van der Waals surface area contributed by atoms with Crippen molar-refractivity contribution in [1.82, 2.24) is 20.0 Å². The van der Waals surface area contributed by atoms with E-state index in [1.807, 2.05) is 40.8 Å². The number of thioether (sulfide) groups is 1. The van der Waals surface area contributed by atoms with Gasteiger partial charge in [0, 0.05) is 69.9 Å². The monoisotopic (exact) mass is 381 g/mol. The second-order valence-electron chi connectivity index (χ2n) is 5.67. The van der Waals surface area contributed by atoms with Gasteiger partial charge in [-0.25, -0.2) is 0 Å². The van der Waals surface area contributed by atoms with Crippen LogP contribution in [0.25, 0.3) is 0 Å². The average molecular weight is 382 g/mol. The highest BCUT2D eigenvalue weighted by molar-refractivity contribution is 7.99. The third-order valence-electron chi connectivity index (χ3n) is 4.11. The lowest BCUT2D eigenvalue weighted by atomic mass is 10.2. The van der Waals surface area contributed by atoms with Crippen LogP contribution in [0.5, 0.6) is 0 Å². The molecule has 2 fully saturated rings. The molecule has 0 spiro atoms. The van der Waals surface area contributed by atoms with Crippen LogP contribution in [-0.2, 0) is 11.8 Å². The fourth-order valence-electron chi connectivity index (χ4n) is 2.88. The lowest BCUT2D eigenvalue weighted by molar-refractivity contribution is -0.131. The molecule has 9 heteroatoms. The number of aryl methyl sites for hydroxylation is 1. The van der Waals surface area contributed by atoms with Crippen LogP contribution < -0.4 is 10.2 Å². The van der Waals surface area contributed by atoms with Gasteiger partial charge in [-0.1, -0.05) is 0 Å². The zero-order chi connectivity index (χ0) is 14.7. The molecule has 23 heavy (non-hydrogen) atoms. The Kier molecular flexibility index (Phi) is 8.53. The molecule has 2 aliphatic rings. The van der Waals surface area contributed by atoms with E-state index < -0.39 is 0 Å². The Bertz CT molecular complexity index is 487. The van der Waals surface area contributed by atoms with Crippen LogP contribution in [0.2, 0.25) is 0 Å². The molecule has 0 aliphatic carbocycles. The SMILES string of the molecule is Cl.Cl.Cn1cc(N2CCN(C(=O)CC3CSCCN3)CC2)cn1. The summed E-state index contributed by atoms with van der Waals surface area (Å²) < 4.78 is 1.82. The molecule has 3 heterocycles.